The van der Waals surface area contributed by atoms with Gasteiger partial charge in [-0.25, -0.2) is 0 Å². The topological polar surface area (TPSA) is 64.8 Å². The summed E-state index contributed by atoms with van der Waals surface area (Å²) < 4.78 is 10.9. The van der Waals surface area contributed by atoms with E-state index in [1.54, 1.807) is 19.1 Å². The fourth-order valence-corrected chi connectivity index (χ4v) is 2.15. The normalized spacial score (nSPS) is 10.6. The van der Waals surface area contributed by atoms with Crippen LogP contribution < -0.4 is 20.1 Å². The molecule has 1 amide bonds. The first-order chi connectivity index (χ1) is 9.94. The minimum atomic E-state index is -0.142. The molecule has 0 aliphatic heterocycles. The highest BCUT2D eigenvalue weighted by atomic mass is 16.5. The van der Waals surface area contributed by atoms with Crippen LogP contribution in [0.25, 0.3) is 0 Å². The maximum atomic E-state index is 12.2. The summed E-state index contributed by atoms with van der Waals surface area (Å²) in [6.07, 6.45) is 0.881. The summed E-state index contributed by atoms with van der Waals surface area (Å²) >= 11 is 0. The van der Waals surface area contributed by atoms with Gasteiger partial charge < -0.3 is 20.1 Å². The number of carbonyl (C=O) groups is 1. The standard InChI is InChI=1S/C16H26N2O3/c1-11(2)6-7-18(15(19)10-17)16-13(20-4)8-12(3)9-14(16)21-5/h8-9,11H,6-7,10,17H2,1-5H3. The quantitative estimate of drug-likeness (QED) is 0.838. The number of aryl methyl sites for hydroxylation is 1. The lowest BCUT2D eigenvalue weighted by Crippen LogP contribution is -2.37. The van der Waals surface area contributed by atoms with Crippen molar-refractivity contribution >= 4 is 11.6 Å². The monoisotopic (exact) mass is 294 g/mol. The Hall–Kier alpha value is -1.75. The van der Waals surface area contributed by atoms with Crippen molar-refractivity contribution in [3.05, 3.63) is 17.7 Å². The molecule has 0 heterocycles. The largest absolute Gasteiger partial charge is 0.494 e. The molecule has 118 valence electrons. The van der Waals surface area contributed by atoms with Crippen molar-refractivity contribution in [2.75, 3.05) is 32.2 Å². The molecule has 2 N–H and O–H groups in total. The molecule has 0 aliphatic rings. The number of hydrogen-bond acceptors (Lipinski definition) is 4. The zero-order valence-corrected chi connectivity index (χ0v) is 13.6. The second-order valence-electron chi connectivity index (χ2n) is 5.45. The average Bonchev–Trinajstić information content (AvgIpc) is 2.46. The van der Waals surface area contributed by atoms with Gasteiger partial charge in [-0.3, -0.25) is 4.79 Å². The van der Waals surface area contributed by atoms with Gasteiger partial charge in [0, 0.05) is 6.54 Å². The molecular formula is C16H26N2O3. The maximum absolute atomic E-state index is 12.2. The lowest BCUT2D eigenvalue weighted by atomic mass is 10.1. The summed E-state index contributed by atoms with van der Waals surface area (Å²) in [6.45, 7) is 6.74. The molecule has 0 spiro atoms. The molecule has 0 fully saturated rings. The predicted octanol–water partition coefficient (Wildman–Crippen LogP) is 2.35. The fraction of sp³-hybridized carbons (Fsp3) is 0.562. The zero-order valence-electron chi connectivity index (χ0n) is 13.6. The Bertz CT molecular complexity index is 461. The van der Waals surface area contributed by atoms with E-state index in [-0.39, 0.29) is 12.5 Å². The molecular weight excluding hydrogens is 268 g/mol. The van der Waals surface area contributed by atoms with E-state index in [2.05, 4.69) is 13.8 Å². The molecule has 0 aliphatic carbocycles. The predicted molar refractivity (Wildman–Crippen MR) is 85.1 cm³/mol. The van der Waals surface area contributed by atoms with Crippen molar-refractivity contribution in [2.45, 2.75) is 27.2 Å². The van der Waals surface area contributed by atoms with E-state index in [0.717, 1.165) is 12.0 Å². The first-order valence-corrected chi connectivity index (χ1v) is 7.17. The smallest absolute Gasteiger partial charge is 0.240 e. The van der Waals surface area contributed by atoms with Gasteiger partial charge in [-0.05, 0) is 37.0 Å². The fourth-order valence-electron chi connectivity index (χ4n) is 2.15. The van der Waals surface area contributed by atoms with Gasteiger partial charge in [0.2, 0.25) is 5.91 Å². The molecule has 5 nitrogen and oxygen atoms in total. The third-order valence-electron chi connectivity index (χ3n) is 3.30. The summed E-state index contributed by atoms with van der Waals surface area (Å²) in [6, 6.07) is 3.79. The van der Waals surface area contributed by atoms with E-state index in [9.17, 15) is 4.79 Å². The van der Waals surface area contributed by atoms with Crippen molar-refractivity contribution in [3.63, 3.8) is 0 Å². The third-order valence-corrected chi connectivity index (χ3v) is 3.30. The molecule has 0 atom stereocenters. The number of amides is 1. The molecule has 0 saturated heterocycles. The summed E-state index contributed by atoms with van der Waals surface area (Å²) in [7, 11) is 3.18. The SMILES string of the molecule is COc1cc(C)cc(OC)c1N(CCC(C)C)C(=O)CN. The van der Waals surface area contributed by atoms with Crippen molar-refractivity contribution in [3.8, 4) is 11.5 Å². The van der Waals surface area contributed by atoms with Crippen LogP contribution in [0.3, 0.4) is 0 Å². The molecule has 1 aromatic carbocycles. The number of hydrogen-bond donors (Lipinski definition) is 1. The van der Waals surface area contributed by atoms with Crippen LogP contribution in [0.5, 0.6) is 11.5 Å². The average molecular weight is 294 g/mol. The van der Waals surface area contributed by atoms with Gasteiger partial charge >= 0.3 is 0 Å². The Balaban J connectivity index is 3.30. The van der Waals surface area contributed by atoms with Crippen molar-refractivity contribution < 1.29 is 14.3 Å². The van der Waals surface area contributed by atoms with Crippen LogP contribution in [0, 0.1) is 12.8 Å². The van der Waals surface area contributed by atoms with Crippen LogP contribution in [0.2, 0.25) is 0 Å². The Labute approximate surface area is 127 Å². The van der Waals surface area contributed by atoms with Crippen LogP contribution in [-0.4, -0.2) is 33.2 Å². The van der Waals surface area contributed by atoms with Crippen LogP contribution in [0.4, 0.5) is 5.69 Å². The number of rotatable bonds is 7. The molecule has 21 heavy (non-hydrogen) atoms. The summed E-state index contributed by atoms with van der Waals surface area (Å²) in [4.78, 5) is 13.9. The first-order valence-electron chi connectivity index (χ1n) is 7.17. The molecule has 0 aromatic heterocycles. The van der Waals surface area contributed by atoms with Gasteiger partial charge in [-0.2, -0.15) is 0 Å². The van der Waals surface area contributed by atoms with Gasteiger partial charge in [0.15, 0.2) is 0 Å². The van der Waals surface area contributed by atoms with E-state index >= 15 is 0 Å². The number of benzene rings is 1. The van der Waals surface area contributed by atoms with Crippen LogP contribution in [0.15, 0.2) is 12.1 Å². The number of ether oxygens (including phenoxy) is 2. The van der Waals surface area contributed by atoms with E-state index < -0.39 is 0 Å². The maximum Gasteiger partial charge on any atom is 0.240 e. The Kier molecular flexibility index (Phi) is 6.49. The highest BCUT2D eigenvalue weighted by Crippen LogP contribution is 2.39. The van der Waals surface area contributed by atoms with Crippen molar-refractivity contribution in [1.29, 1.82) is 0 Å². The first kappa shape index (κ1) is 17.3. The molecule has 0 saturated carbocycles. The molecule has 0 bridgehead atoms. The van der Waals surface area contributed by atoms with Gasteiger partial charge in [0.25, 0.3) is 0 Å². The number of anilines is 1. The van der Waals surface area contributed by atoms with Crippen LogP contribution in [-0.2, 0) is 4.79 Å². The lowest BCUT2D eigenvalue weighted by Gasteiger charge is -2.27. The molecule has 1 rings (SSSR count). The van der Waals surface area contributed by atoms with E-state index in [1.165, 1.54) is 0 Å². The van der Waals surface area contributed by atoms with Gasteiger partial charge in [-0.1, -0.05) is 13.8 Å². The Morgan fingerprint density at radius 1 is 1.24 bits per heavy atom. The third kappa shape index (κ3) is 4.36. The summed E-state index contributed by atoms with van der Waals surface area (Å²) in [5.41, 5.74) is 7.22. The van der Waals surface area contributed by atoms with E-state index in [0.29, 0.717) is 29.6 Å². The van der Waals surface area contributed by atoms with E-state index in [4.69, 9.17) is 15.2 Å². The molecule has 0 unspecified atom stereocenters. The summed E-state index contributed by atoms with van der Waals surface area (Å²) in [5.74, 6) is 1.59. The highest BCUT2D eigenvalue weighted by molar-refractivity contribution is 5.98. The molecule has 5 heteroatoms. The minimum absolute atomic E-state index is 0.0434. The Morgan fingerprint density at radius 3 is 2.14 bits per heavy atom. The minimum Gasteiger partial charge on any atom is -0.494 e. The Morgan fingerprint density at radius 2 is 1.76 bits per heavy atom. The number of nitrogens with zero attached hydrogens (tertiary/aromatic N) is 1. The number of carbonyl (C=O) groups excluding carboxylic acids is 1. The van der Waals surface area contributed by atoms with Crippen LogP contribution in [0.1, 0.15) is 25.8 Å². The molecule has 0 radical (unpaired) electrons. The van der Waals surface area contributed by atoms with Gasteiger partial charge in [-0.15, -0.1) is 0 Å². The van der Waals surface area contributed by atoms with Crippen LogP contribution >= 0.6 is 0 Å². The molecule has 1 aromatic rings. The van der Waals surface area contributed by atoms with E-state index in [1.807, 2.05) is 19.1 Å². The van der Waals surface area contributed by atoms with Gasteiger partial charge in [0.05, 0.1) is 20.8 Å². The number of nitrogens with two attached hydrogens (primary N) is 1. The lowest BCUT2D eigenvalue weighted by molar-refractivity contribution is -0.117. The van der Waals surface area contributed by atoms with Crippen molar-refractivity contribution in [1.82, 2.24) is 0 Å². The van der Waals surface area contributed by atoms with Crippen molar-refractivity contribution in [2.24, 2.45) is 11.7 Å². The second kappa shape index (κ2) is 7.88. The second-order valence-corrected chi connectivity index (χ2v) is 5.45. The number of methoxy groups -OCH3 is 2. The van der Waals surface area contributed by atoms with Gasteiger partial charge in [0.1, 0.15) is 17.2 Å². The summed E-state index contributed by atoms with van der Waals surface area (Å²) in [5, 5.41) is 0. The zero-order chi connectivity index (χ0) is 16.0. The highest BCUT2D eigenvalue weighted by Gasteiger charge is 2.23.